The van der Waals surface area contributed by atoms with E-state index in [4.69, 9.17) is 5.11 Å². The summed E-state index contributed by atoms with van der Waals surface area (Å²) < 4.78 is 40.0. The molecule has 0 heterocycles. The first kappa shape index (κ1) is 14.7. The van der Waals surface area contributed by atoms with Crippen molar-refractivity contribution in [2.24, 2.45) is 0 Å². The van der Waals surface area contributed by atoms with Crippen molar-refractivity contribution in [2.75, 3.05) is 0 Å². The lowest BCUT2D eigenvalue weighted by molar-refractivity contribution is 0.190. The maximum absolute atomic E-state index is 13.5. The summed E-state index contributed by atoms with van der Waals surface area (Å²) in [6.07, 6.45) is 0.294. The molecule has 1 aromatic carbocycles. The Morgan fingerprint density at radius 2 is 1.90 bits per heavy atom. The van der Waals surface area contributed by atoms with Crippen LogP contribution in [0.1, 0.15) is 19.3 Å². The molecular weight excluding hydrogens is 287 g/mol. The minimum absolute atomic E-state index is 0.277. The van der Waals surface area contributed by atoms with Crippen molar-refractivity contribution < 1.29 is 22.7 Å². The summed E-state index contributed by atoms with van der Waals surface area (Å²) in [6, 6.07) is 4.47. The second kappa shape index (κ2) is 5.76. The Hall–Kier alpha value is -1.67. The molecule has 1 aliphatic carbocycles. The molecule has 2 rings (SSSR count). The number of nitrogens with one attached hydrogen (secondary N) is 2. The molecule has 0 saturated heterocycles. The van der Waals surface area contributed by atoms with Crippen molar-refractivity contribution in [1.29, 1.82) is 0 Å². The molecule has 0 unspecified atom stereocenters. The summed E-state index contributed by atoms with van der Waals surface area (Å²) in [7, 11) is -3.93. The summed E-state index contributed by atoms with van der Waals surface area (Å²) >= 11 is 0. The predicted octanol–water partition coefficient (Wildman–Crippen LogP) is 1.29. The minimum Gasteiger partial charge on any atom is -0.465 e. The molecule has 1 saturated carbocycles. The number of rotatable bonds is 4. The Morgan fingerprint density at radius 1 is 1.25 bits per heavy atom. The van der Waals surface area contributed by atoms with Crippen LogP contribution in [0.25, 0.3) is 0 Å². The molecule has 1 amide bonds. The first-order valence-electron chi connectivity index (χ1n) is 6.15. The average molecular weight is 302 g/mol. The van der Waals surface area contributed by atoms with Crippen LogP contribution in [0.3, 0.4) is 0 Å². The van der Waals surface area contributed by atoms with E-state index in [0.717, 1.165) is 6.07 Å². The number of sulfonamides is 1. The molecule has 0 spiro atoms. The monoisotopic (exact) mass is 302 g/mol. The smallest absolute Gasteiger partial charge is 0.404 e. The van der Waals surface area contributed by atoms with Gasteiger partial charge in [0.15, 0.2) is 0 Å². The molecule has 20 heavy (non-hydrogen) atoms. The number of hydrogen-bond acceptors (Lipinski definition) is 3. The van der Waals surface area contributed by atoms with Crippen LogP contribution >= 0.6 is 0 Å². The zero-order chi connectivity index (χ0) is 14.8. The highest BCUT2D eigenvalue weighted by molar-refractivity contribution is 7.89. The third-order valence-corrected chi connectivity index (χ3v) is 4.76. The number of amides is 1. The van der Waals surface area contributed by atoms with E-state index in [1.165, 1.54) is 18.2 Å². The Balaban J connectivity index is 2.04. The molecule has 8 heteroatoms. The number of benzene rings is 1. The highest BCUT2D eigenvalue weighted by Gasteiger charge is 2.30. The van der Waals surface area contributed by atoms with Crippen LogP contribution in [0.4, 0.5) is 9.18 Å². The molecule has 0 radical (unpaired) electrons. The van der Waals surface area contributed by atoms with Gasteiger partial charge in [-0.3, -0.25) is 0 Å². The van der Waals surface area contributed by atoms with Crippen LogP contribution in [0.5, 0.6) is 0 Å². The molecule has 2 atom stereocenters. The Kier molecular flexibility index (Phi) is 4.24. The molecule has 1 fully saturated rings. The molecular formula is C12H15FN2O4S. The van der Waals surface area contributed by atoms with Crippen LogP contribution in [-0.4, -0.2) is 31.7 Å². The van der Waals surface area contributed by atoms with Crippen LogP contribution in [0, 0.1) is 5.82 Å². The van der Waals surface area contributed by atoms with Gasteiger partial charge in [0.2, 0.25) is 10.0 Å². The lowest BCUT2D eigenvalue weighted by atomic mass is 10.2. The first-order chi connectivity index (χ1) is 9.38. The fourth-order valence-corrected chi connectivity index (χ4v) is 3.70. The van der Waals surface area contributed by atoms with E-state index in [2.05, 4.69) is 10.0 Å². The third-order valence-electron chi connectivity index (χ3n) is 3.21. The molecule has 110 valence electrons. The molecule has 0 aromatic heterocycles. The maximum atomic E-state index is 13.5. The van der Waals surface area contributed by atoms with Crippen LogP contribution in [0.2, 0.25) is 0 Å². The van der Waals surface area contributed by atoms with E-state index in [9.17, 15) is 17.6 Å². The number of carbonyl (C=O) groups is 1. The van der Waals surface area contributed by atoms with Gasteiger partial charge in [-0.25, -0.2) is 22.3 Å². The van der Waals surface area contributed by atoms with Gasteiger partial charge in [-0.15, -0.1) is 0 Å². The van der Waals surface area contributed by atoms with Gasteiger partial charge >= 0.3 is 6.09 Å². The van der Waals surface area contributed by atoms with E-state index in [0.29, 0.717) is 19.3 Å². The lowest BCUT2D eigenvalue weighted by Crippen LogP contribution is -2.36. The topological polar surface area (TPSA) is 95.5 Å². The van der Waals surface area contributed by atoms with E-state index in [-0.39, 0.29) is 6.04 Å². The lowest BCUT2D eigenvalue weighted by Gasteiger charge is -2.14. The highest BCUT2D eigenvalue weighted by atomic mass is 32.2. The Morgan fingerprint density at radius 3 is 2.55 bits per heavy atom. The summed E-state index contributed by atoms with van der Waals surface area (Å²) in [6.45, 7) is 0. The molecule has 6 nitrogen and oxygen atoms in total. The van der Waals surface area contributed by atoms with Crippen molar-refractivity contribution in [3.8, 4) is 0 Å². The molecule has 0 bridgehead atoms. The molecule has 1 aliphatic rings. The van der Waals surface area contributed by atoms with Crippen molar-refractivity contribution in [1.82, 2.24) is 10.0 Å². The van der Waals surface area contributed by atoms with E-state index in [1.54, 1.807) is 0 Å². The van der Waals surface area contributed by atoms with Gasteiger partial charge in [0.1, 0.15) is 10.7 Å². The van der Waals surface area contributed by atoms with Crippen LogP contribution in [-0.2, 0) is 10.0 Å². The van der Waals surface area contributed by atoms with Crippen molar-refractivity contribution in [2.45, 2.75) is 36.2 Å². The summed E-state index contributed by atoms with van der Waals surface area (Å²) in [5.74, 6) is -0.807. The number of halogens is 1. The quantitative estimate of drug-likeness (QED) is 0.781. The van der Waals surface area contributed by atoms with Gasteiger partial charge in [-0.2, -0.15) is 0 Å². The zero-order valence-electron chi connectivity index (χ0n) is 10.5. The van der Waals surface area contributed by atoms with Gasteiger partial charge in [-0.05, 0) is 31.4 Å². The van der Waals surface area contributed by atoms with Gasteiger partial charge < -0.3 is 10.4 Å². The minimum atomic E-state index is -3.93. The average Bonchev–Trinajstić information content (AvgIpc) is 2.75. The summed E-state index contributed by atoms with van der Waals surface area (Å²) in [5, 5.41) is 10.9. The summed E-state index contributed by atoms with van der Waals surface area (Å²) in [4.78, 5) is 10.1. The van der Waals surface area contributed by atoms with E-state index >= 15 is 0 Å². The summed E-state index contributed by atoms with van der Waals surface area (Å²) in [5.41, 5.74) is 0. The molecule has 1 aromatic rings. The maximum Gasteiger partial charge on any atom is 0.404 e. The zero-order valence-corrected chi connectivity index (χ0v) is 11.4. The second-order valence-corrected chi connectivity index (χ2v) is 6.39. The fraction of sp³-hybridized carbons (Fsp3) is 0.417. The highest BCUT2D eigenvalue weighted by Crippen LogP contribution is 2.22. The van der Waals surface area contributed by atoms with Crippen LogP contribution < -0.4 is 10.0 Å². The number of carboxylic acid groups (broad SMARTS) is 1. The third kappa shape index (κ3) is 3.45. The Labute approximate surface area is 116 Å². The van der Waals surface area contributed by atoms with Crippen molar-refractivity contribution in [3.05, 3.63) is 30.1 Å². The van der Waals surface area contributed by atoms with Gasteiger partial charge in [-0.1, -0.05) is 12.1 Å². The number of hydrogen-bond donors (Lipinski definition) is 3. The normalized spacial score (nSPS) is 22.6. The standard InChI is InChI=1S/C12H15FN2O4S/c13-10-3-1-2-4-11(10)20(18,19)15-9-6-5-8(7-9)14-12(16)17/h1-4,8-9,14-15H,5-7H2,(H,16,17)/t8-,9-/m0/s1. The predicted molar refractivity (Wildman–Crippen MR) is 69.3 cm³/mol. The first-order valence-corrected chi connectivity index (χ1v) is 7.63. The molecule has 0 aliphatic heterocycles. The Bertz CT molecular complexity index is 605. The van der Waals surface area contributed by atoms with E-state index in [1.807, 2.05) is 0 Å². The molecule has 3 N–H and O–H groups in total. The van der Waals surface area contributed by atoms with Crippen molar-refractivity contribution in [3.63, 3.8) is 0 Å². The van der Waals surface area contributed by atoms with Gasteiger partial charge in [0, 0.05) is 12.1 Å². The SMILES string of the molecule is O=C(O)N[C@H]1CC[C@H](NS(=O)(=O)c2ccccc2F)C1. The van der Waals surface area contributed by atoms with Crippen LogP contribution in [0.15, 0.2) is 29.2 Å². The largest absolute Gasteiger partial charge is 0.465 e. The van der Waals surface area contributed by atoms with Gasteiger partial charge in [0.25, 0.3) is 0 Å². The van der Waals surface area contributed by atoms with Crippen molar-refractivity contribution >= 4 is 16.1 Å². The fourth-order valence-electron chi connectivity index (χ4n) is 2.34. The van der Waals surface area contributed by atoms with Gasteiger partial charge in [0.05, 0.1) is 0 Å². The van der Waals surface area contributed by atoms with E-state index < -0.39 is 32.9 Å². The second-order valence-electron chi connectivity index (χ2n) is 4.71.